The van der Waals surface area contributed by atoms with Crippen LogP contribution in [0.3, 0.4) is 0 Å². The Labute approximate surface area is 102 Å². The minimum atomic E-state index is -0.915. The maximum atomic E-state index is 10.5. The molecule has 0 bridgehead atoms. The molecule has 1 aliphatic rings. The van der Waals surface area contributed by atoms with E-state index in [4.69, 9.17) is 16.6 Å². The molecule has 0 aromatic carbocycles. The van der Waals surface area contributed by atoms with Crippen LogP contribution in [-0.4, -0.2) is 29.0 Å². The number of rotatable bonds is 6. The number of nitrogens with two attached hydrogens (primary N) is 2. The van der Waals surface area contributed by atoms with Crippen molar-refractivity contribution < 1.29 is 9.90 Å². The second kappa shape index (κ2) is 7.27. The number of carboxylic acid groups (broad SMARTS) is 1. The summed E-state index contributed by atoms with van der Waals surface area (Å²) in [5, 5.41) is 8.64. The van der Waals surface area contributed by atoms with Crippen LogP contribution in [0.1, 0.15) is 51.4 Å². The van der Waals surface area contributed by atoms with Gasteiger partial charge in [0.15, 0.2) is 0 Å². The zero-order chi connectivity index (χ0) is 12.7. The molecule has 5 nitrogen and oxygen atoms in total. The molecule has 0 radical (unpaired) electrons. The lowest BCUT2D eigenvalue weighted by molar-refractivity contribution is -0.138. The highest BCUT2D eigenvalue weighted by Gasteiger charge is 2.13. The predicted octanol–water partition coefficient (Wildman–Crippen LogP) is 1.26. The van der Waals surface area contributed by atoms with E-state index in [9.17, 15) is 4.79 Å². The van der Waals surface area contributed by atoms with Gasteiger partial charge in [0, 0.05) is 6.42 Å². The number of hydrogen-bond acceptors (Lipinski definition) is 4. The predicted molar refractivity (Wildman–Crippen MR) is 68.0 cm³/mol. The van der Waals surface area contributed by atoms with Crippen LogP contribution in [0.2, 0.25) is 0 Å². The van der Waals surface area contributed by atoms with Gasteiger partial charge >= 0.3 is 5.97 Å². The maximum absolute atomic E-state index is 10.5. The molecular formula is C12H23N3O2. The van der Waals surface area contributed by atoms with Crippen LogP contribution in [-0.2, 0) is 4.79 Å². The molecule has 5 heteroatoms. The molecule has 17 heavy (non-hydrogen) atoms. The zero-order valence-electron chi connectivity index (χ0n) is 10.3. The summed E-state index contributed by atoms with van der Waals surface area (Å²) in [7, 11) is 0. The van der Waals surface area contributed by atoms with Gasteiger partial charge in [-0.05, 0) is 25.7 Å². The average Bonchev–Trinajstić information content (AvgIpc) is 2.48. The molecule has 0 spiro atoms. The van der Waals surface area contributed by atoms with E-state index in [1.165, 1.54) is 6.42 Å². The van der Waals surface area contributed by atoms with Gasteiger partial charge in [-0.25, -0.2) is 0 Å². The van der Waals surface area contributed by atoms with E-state index in [1.807, 2.05) is 0 Å². The lowest BCUT2D eigenvalue weighted by atomic mass is 10.0. The standard InChI is InChI=1S/C12H23N3O2/c13-10(12(16)17)7-3-1-5-9-6-2-4-8-11(14)15-9/h9-10H,1-8,13H2,(H2,14,15)(H,16,17). The molecule has 0 saturated carbocycles. The SMILES string of the molecule is NC1=NC(CCCCC(N)C(=O)O)CCCC1. The van der Waals surface area contributed by atoms with E-state index in [2.05, 4.69) is 4.99 Å². The summed E-state index contributed by atoms with van der Waals surface area (Å²) in [5.74, 6) is -0.142. The third-order valence-electron chi connectivity index (χ3n) is 3.19. The highest BCUT2D eigenvalue weighted by atomic mass is 16.4. The Morgan fingerprint density at radius 2 is 2.24 bits per heavy atom. The van der Waals surface area contributed by atoms with E-state index in [0.29, 0.717) is 12.5 Å². The minimum absolute atomic E-state index is 0.332. The third kappa shape index (κ3) is 5.68. The third-order valence-corrected chi connectivity index (χ3v) is 3.19. The first-order chi connectivity index (χ1) is 8.09. The van der Waals surface area contributed by atoms with Gasteiger partial charge in [0.25, 0.3) is 0 Å². The van der Waals surface area contributed by atoms with Crippen molar-refractivity contribution in [3.05, 3.63) is 0 Å². The summed E-state index contributed by atoms with van der Waals surface area (Å²) in [6.07, 6.45) is 7.70. The lowest BCUT2D eigenvalue weighted by Gasteiger charge is -2.11. The normalized spacial score (nSPS) is 22.6. The Morgan fingerprint density at radius 1 is 1.47 bits per heavy atom. The van der Waals surface area contributed by atoms with E-state index < -0.39 is 12.0 Å². The van der Waals surface area contributed by atoms with Gasteiger partial charge in [0.05, 0.1) is 11.9 Å². The maximum Gasteiger partial charge on any atom is 0.320 e. The van der Waals surface area contributed by atoms with Gasteiger partial charge in [-0.2, -0.15) is 0 Å². The average molecular weight is 241 g/mol. The zero-order valence-corrected chi connectivity index (χ0v) is 10.3. The number of carbonyl (C=O) groups is 1. The van der Waals surface area contributed by atoms with Crippen LogP contribution in [0.15, 0.2) is 4.99 Å². The molecule has 1 heterocycles. The number of aliphatic imine (C=N–C) groups is 1. The first kappa shape index (κ1) is 14.0. The Bertz CT molecular complexity index is 279. The molecule has 2 atom stereocenters. The van der Waals surface area contributed by atoms with Gasteiger partial charge in [-0.1, -0.05) is 19.3 Å². The van der Waals surface area contributed by atoms with Crippen LogP contribution in [0, 0.1) is 0 Å². The largest absolute Gasteiger partial charge is 0.480 e. The highest BCUT2D eigenvalue weighted by Crippen LogP contribution is 2.17. The molecule has 5 N–H and O–H groups in total. The van der Waals surface area contributed by atoms with E-state index >= 15 is 0 Å². The molecule has 0 aromatic rings. The Hall–Kier alpha value is -1.10. The number of unbranched alkanes of at least 4 members (excludes halogenated alkanes) is 1. The summed E-state index contributed by atoms with van der Waals surface area (Å²) in [6.45, 7) is 0. The fraction of sp³-hybridized carbons (Fsp3) is 0.833. The van der Waals surface area contributed by atoms with Crippen molar-refractivity contribution in [1.82, 2.24) is 0 Å². The Balaban J connectivity index is 2.17. The van der Waals surface area contributed by atoms with Crippen molar-refractivity contribution in [3.8, 4) is 0 Å². The topological polar surface area (TPSA) is 102 Å². The van der Waals surface area contributed by atoms with Gasteiger partial charge in [-0.15, -0.1) is 0 Å². The molecule has 0 amide bonds. The molecule has 98 valence electrons. The summed E-state index contributed by atoms with van der Waals surface area (Å²) >= 11 is 0. The van der Waals surface area contributed by atoms with Gasteiger partial charge < -0.3 is 16.6 Å². The van der Waals surface area contributed by atoms with Crippen molar-refractivity contribution in [1.29, 1.82) is 0 Å². The van der Waals surface area contributed by atoms with Gasteiger partial charge in [0.1, 0.15) is 6.04 Å². The van der Waals surface area contributed by atoms with Crippen molar-refractivity contribution in [2.24, 2.45) is 16.5 Å². The number of hydrogen-bond donors (Lipinski definition) is 3. The van der Waals surface area contributed by atoms with Gasteiger partial charge in [0.2, 0.25) is 0 Å². The number of aliphatic carboxylic acids is 1. The molecule has 0 fully saturated rings. The summed E-state index contributed by atoms with van der Waals surface area (Å²) in [6, 6.07) is -0.392. The number of nitrogens with zero attached hydrogens (tertiary/aromatic N) is 1. The molecule has 0 aromatic heterocycles. The Kier molecular flexibility index (Phi) is 5.97. The van der Waals surface area contributed by atoms with Crippen molar-refractivity contribution in [3.63, 3.8) is 0 Å². The Morgan fingerprint density at radius 3 is 2.94 bits per heavy atom. The molecule has 2 unspecified atom stereocenters. The fourth-order valence-corrected chi connectivity index (χ4v) is 2.13. The van der Waals surface area contributed by atoms with Crippen molar-refractivity contribution in [2.45, 2.75) is 63.5 Å². The lowest BCUT2D eigenvalue weighted by Crippen LogP contribution is -2.29. The molecule has 1 rings (SSSR count). The van der Waals surface area contributed by atoms with E-state index in [0.717, 1.165) is 44.4 Å². The molecule has 1 aliphatic heterocycles. The summed E-state index contributed by atoms with van der Waals surface area (Å²) in [5.41, 5.74) is 11.2. The highest BCUT2D eigenvalue weighted by molar-refractivity contribution is 5.80. The quantitative estimate of drug-likeness (QED) is 0.609. The van der Waals surface area contributed by atoms with E-state index in [-0.39, 0.29) is 0 Å². The second-order valence-electron chi connectivity index (χ2n) is 4.75. The summed E-state index contributed by atoms with van der Waals surface area (Å²) in [4.78, 5) is 15.0. The van der Waals surface area contributed by atoms with Crippen LogP contribution in [0.4, 0.5) is 0 Å². The van der Waals surface area contributed by atoms with Crippen molar-refractivity contribution in [2.75, 3.05) is 0 Å². The van der Waals surface area contributed by atoms with Crippen LogP contribution < -0.4 is 11.5 Å². The van der Waals surface area contributed by atoms with Crippen LogP contribution in [0.25, 0.3) is 0 Å². The first-order valence-electron chi connectivity index (χ1n) is 6.40. The monoisotopic (exact) mass is 241 g/mol. The smallest absolute Gasteiger partial charge is 0.320 e. The fourth-order valence-electron chi connectivity index (χ4n) is 2.13. The number of carboxylic acids is 1. The van der Waals surface area contributed by atoms with E-state index in [1.54, 1.807) is 0 Å². The van der Waals surface area contributed by atoms with Crippen molar-refractivity contribution >= 4 is 11.8 Å². The molecule has 0 saturated heterocycles. The molecule has 0 aliphatic carbocycles. The second-order valence-corrected chi connectivity index (χ2v) is 4.75. The first-order valence-corrected chi connectivity index (χ1v) is 6.40. The van der Waals surface area contributed by atoms with Crippen LogP contribution >= 0.6 is 0 Å². The summed E-state index contributed by atoms with van der Waals surface area (Å²) < 4.78 is 0. The number of amidine groups is 1. The van der Waals surface area contributed by atoms with Gasteiger partial charge in [-0.3, -0.25) is 9.79 Å². The van der Waals surface area contributed by atoms with Crippen LogP contribution in [0.5, 0.6) is 0 Å². The molecular weight excluding hydrogens is 218 g/mol. The minimum Gasteiger partial charge on any atom is -0.480 e.